The first-order chi connectivity index (χ1) is 18.4. The lowest BCUT2D eigenvalue weighted by Gasteiger charge is -2.25. The van der Waals surface area contributed by atoms with E-state index in [4.69, 9.17) is 0 Å². The van der Waals surface area contributed by atoms with Crippen LogP contribution >= 0.6 is 11.8 Å². The first-order valence-corrected chi connectivity index (χ1v) is 12.6. The average molecular weight is 534 g/mol. The topological polar surface area (TPSA) is 103 Å². The molecule has 0 saturated carbocycles. The van der Waals surface area contributed by atoms with E-state index in [2.05, 4.69) is 20.6 Å². The number of nitrogens with one attached hydrogen (secondary N) is 2. The van der Waals surface area contributed by atoms with Crippen LogP contribution in [0.25, 0.3) is 0 Å². The van der Waals surface area contributed by atoms with Crippen LogP contribution in [0.3, 0.4) is 0 Å². The summed E-state index contributed by atoms with van der Waals surface area (Å²) in [5, 5.41) is 5.68. The summed E-state index contributed by atoms with van der Waals surface area (Å²) in [6, 6.07) is 17.4. The third-order valence-corrected chi connectivity index (χ3v) is 6.73. The highest BCUT2D eigenvalue weighted by atomic mass is 32.2. The van der Waals surface area contributed by atoms with Crippen molar-refractivity contribution in [3.8, 4) is 0 Å². The Morgan fingerprint density at radius 2 is 1.61 bits per heavy atom. The number of rotatable bonds is 7. The average Bonchev–Trinajstić information content (AvgIpc) is 3.24. The zero-order valence-electron chi connectivity index (χ0n) is 19.9. The lowest BCUT2D eigenvalue weighted by Crippen LogP contribution is -2.42. The van der Waals surface area contributed by atoms with Gasteiger partial charge in [0.2, 0.25) is 11.8 Å². The smallest absolute Gasteiger partial charge is 0.259 e. The molecule has 0 aliphatic carbocycles. The Kier molecular flexibility index (Phi) is 7.27. The summed E-state index contributed by atoms with van der Waals surface area (Å²) in [6.07, 6.45) is -0.175. The van der Waals surface area contributed by atoms with Gasteiger partial charge in [-0.05, 0) is 54.1 Å². The standard InChI is InChI=1S/C27H21F2N5O3S/c28-17-7-5-16(6-8-17)14-30-23(35)13-22-26(37)34-25(32-22)20-3-1-2-4-21(20)33-27(34)38-15-24(36)31-19-11-9-18(29)10-12-19/h1-12,22H,13-15H2,(H,30,35)(H,31,36)/t22-/m1/s1. The number of halogens is 2. The number of hydrogen-bond acceptors (Lipinski definition) is 6. The van der Waals surface area contributed by atoms with Crippen LogP contribution in [0.4, 0.5) is 20.2 Å². The molecule has 2 aliphatic heterocycles. The second-order valence-corrected chi connectivity index (χ2v) is 9.45. The van der Waals surface area contributed by atoms with Gasteiger partial charge in [0.1, 0.15) is 23.5 Å². The van der Waals surface area contributed by atoms with Crippen LogP contribution in [-0.2, 0) is 20.9 Å². The Morgan fingerprint density at radius 1 is 0.921 bits per heavy atom. The van der Waals surface area contributed by atoms with E-state index >= 15 is 0 Å². The molecule has 3 aromatic carbocycles. The van der Waals surface area contributed by atoms with E-state index in [-0.39, 0.29) is 41.5 Å². The monoisotopic (exact) mass is 533 g/mol. The number of thioether (sulfide) groups is 1. The van der Waals surface area contributed by atoms with Crippen molar-refractivity contribution in [1.29, 1.82) is 0 Å². The molecular formula is C27H21F2N5O3S. The lowest BCUT2D eigenvalue weighted by molar-refractivity contribution is -0.128. The van der Waals surface area contributed by atoms with Crippen LogP contribution in [-0.4, -0.2) is 45.4 Å². The minimum absolute atomic E-state index is 0.0573. The minimum Gasteiger partial charge on any atom is -0.352 e. The summed E-state index contributed by atoms with van der Waals surface area (Å²) in [5.41, 5.74) is 2.41. The van der Waals surface area contributed by atoms with Crippen molar-refractivity contribution in [2.45, 2.75) is 19.0 Å². The Labute approximate surface area is 220 Å². The summed E-state index contributed by atoms with van der Waals surface area (Å²) < 4.78 is 26.2. The van der Waals surface area contributed by atoms with Gasteiger partial charge in [0.25, 0.3) is 5.91 Å². The van der Waals surface area contributed by atoms with Crippen LogP contribution < -0.4 is 10.6 Å². The van der Waals surface area contributed by atoms with Crippen molar-refractivity contribution in [2.24, 2.45) is 9.98 Å². The Hall–Kier alpha value is -4.38. The fraction of sp³-hybridized carbons (Fsp3) is 0.148. The fourth-order valence-electron chi connectivity index (χ4n) is 3.94. The Bertz CT molecular complexity index is 1460. The van der Waals surface area contributed by atoms with Gasteiger partial charge in [-0.15, -0.1) is 0 Å². The molecule has 0 bridgehead atoms. The second-order valence-electron chi connectivity index (χ2n) is 8.50. The third kappa shape index (κ3) is 5.62. The fourth-order valence-corrected chi connectivity index (χ4v) is 4.74. The SMILES string of the molecule is O=C(C[C@H]1N=C2c3ccccc3N=C(SCC(=O)Nc3ccc(F)cc3)N2C1=O)NCc1ccc(F)cc1. The number of para-hydroxylation sites is 1. The largest absolute Gasteiger partial charge is 0.352 e. The number of carbonyl (C=O) groups is 3. The number of benzene rings is 3. The molecule has 0 radical (unpaired) electrons. The summed E-state index contributed by atoms with van der Waals surface area (Å²) in [6.45, 7) is 0.189. The predicted octanol–water partition coefficient (Wildman–Crippen LogP) is 4.00. The van der Waals surface area contributed by atoms with Gasteiger partial charge < -0.3 is 10.6 Å². The molecule has 38 heavy (non-hydrogen) atoms. The number of carbonyl (C=O) groups excluding carboxylic acids is 3. The molecule has 0 saturated heterocycles. The van der Waals surface area contributed by atoms with Gasteiger partial charge in [-0.3, -0.25) is 19.4 Å². The molecular weight excluding hydrogens is 512 g/mol. The van der Waals surface area contributed by atoms with Crippen molar-refractivity contribution in [3.63, 3.8) is 0 Å². The molecule has 192 valence electrons. The van der Waals surface area contributed by atoms with E-state index in [1.165, 1.54) is 41.3 Å². The van der Waals surface area contributed by atoms with Crippen LogP contribution in [0, 0.1) is 11.6 Å². The van der Waals surface area contributed by atoms with Gasteiger partial charge in [-0.1, -0.05) is 36.0 Å². The highest BCUT2D eigenvalue weighted by Gasteiger charge is 2.42. The third-order valence-electron chi connectivity index (χ3n) is 5.79. The van der Waals surface area contributed by atoms with Gasteiger partial charge in [-0.25, -0.2) is 18.7 Å². The predicted molar refractivity (Wildman–Crippen MR) is 141 cm³/mol. The molecule has 1 atom stereocenters. The number of amidine groups is 2. The van der Waals surface area contributed by atoms with Gasteiger partial charge in [0, 0.05) is 17.8 Å². The molecule has 3 amide bonds. The van der Waals surface area contributed by atoms with E-state index in [0.29, 0.717) is 22.8 Å². The van der Waals surface area contributed by atoms with Gasteiger partial charge in [0.05, 0.1) is 17.9 Å². The summed E-state index contributed by atoms with van der Waals surface area (Å²) in [5.74, 6) is -1.62. The summed E-state index contributed by atoms with van der Waals surface area (Å²) >= 11 is 1.06. The molecule has 0 fully saturated rings. The van der Waals surface area contributed by atoms with E-state index in [1.807, 2.05) is 0 Å². The number of anilines is 1. The maximum Gasteiger partial charge on any atom is 0.259 e. The van der Waals surface area contributed by atoms with E-state index in [9.17, 15) is 23.2 Å². The van der Waals surface area contributed by atoms with Gasteiger partial charge >= 0.3 is 0 Å². The highest BCUT2D eigenvalue weighted by molar-refractivity contribution is 8.14. The van der Waals surface area contributed by atoms with Crippen LogP contribution in [0.1, 0.15) is 17.5 Å². The molecule has 2 N–H and O–H groups in total. The van der Waals surface area contributed by atoms with Crippen molar-refractivity contribution in [2.75, 3.05) is 11.1 Å². The first kappa shape index (κ1) is 25.3. The minimum atomic E-state index is -0.955. The van der Waals surface area contributed by atoms with Crippen LogP contribution in [0.2, 0.25) is 0 Å². The number of aliphatic imine (C=N–C) groups is 2. The van der Waals surface area contributed by atoms with Gasteiger partial charge in [-0.2, -0.15) is 0 Å². The Balaban J connectivity index is 1.27. The van der Waals surface area contributed by atoms with E-state index in [0.717, 1.165) is 17.3 Å². The maximum atomic E-state index is 13.3. The zero-order chi connectivity index (χ0) is 26.6. The van der Waals surface area contributed by atoms with Crippen molar-refractivity contribution in [3.05, 3.63) is 95.6 Å². The van der Waals surface area contributed by atoms with Crippen LogP contribution in [0.15, 0.2) is 82.8 Å². The highest BCUT2D eigenvalue weighted by Crippen LogP contribution is 2.34. The quantitative estimate of drug-likeness (QED) is 0.479. The van der Waals surface area contributed by atoms with Crippen molar-refractivity contribution in [1.82, 2.24) is 10.2 Å². The zero-order valence-corrected chi connectivity index (χ0v) is 20.7. The van der Waals surface area contributed by atoms with E-state index in [1.54, 1.807) is 36.4 Å². The second kappa shape index (κ2) is 10.9. The molecule has 11 heteroatoms. The number of amides is 3. The lowest BCUT2D eigenvalue weighted by atomic mass is 10.1. The molecule has 0 aromatic heterocycles. The van der Waals surface area contributed by atoms with Crippen molar-refractivity contribution < 1.29 is 23.2 Å². The summed E-state index contributed by atoms with van der Waals surface area (Å²) in [7, 11) is 0. The maximum absolute atomic E-state index is 13.3. The van der Waals surface area contributed by atoms with Gasteiger partial charge in [0.15, 0.2) is 5.17 Å². The molecule has 2 heterocycles. The molecule has 0 spiro atoms. The first-order valence-electron chi connectivity index (χ1n) is 11.7. The number of nitrogens with zero attached hydrogens (tertiary/aromatic N) is 3. The number of hydrogen-bond donors (Lipinski definition) is 2. The molecule has 3 aromatic rings. The molecule has 2 aliphatic rings. The normalized spacial score (nSPS) is 15.8. The molecule has 5 rings (SSSR count). The molecule has 8 nitrogen and oxygen atoms in total. The van der Waals surface area contributed by atoms with Crippen molar-refractivity contribution >= 4 is 51.9 Å². The van der Waals surface area contributed by atoms with Crippen LogP contribution in [0.5, 0.6) is 0 Å². The molecule has 0 unspecified atom stereocenters. The number of fused-ring (bicyclic) bond motifs is 3. The summed E-state index contributed by atoms with van der Waals surface area (Å²) in [4.78, 5) is 48.9. The Morgan fingerprint density at radius 3 is 2.34 bits per heavy atom. The van der Waals surface area contributed by atoms with E-state index < -0.39 is 17.8 Å².